The van der Waals surface area contributed by atoms with Gasteiger partial charge in [0.25, 0.3) is 5.91 Å². The summed E-state index contributed by atoms with van der Waals surface area (Å²) in [5.41, 5.74) is 2.10. The minimum Gasteiger partial charge on any atom is -0.497 e. The first-order valence-electron chi connectivity index (χ1n) is 10.2. The summed E-state index contributed by atoms with van der Waals surface area (Å²) in [5.74, 6) is 0.917. The lowest BCUT2D eigenvalue weighted by Gasteiger charge is -2.32. The number of rotatable bonds is 7. The summed E-state index contributed by atoms with van der Waals surface area (Å²) >= 11 is 0. The van der Waals surface area contributed by atoms with Crippen molar-refractivity contribution in [3.63, 3.8) is 0 Å². The van der Waals surface area contributed by atoms with Gasteiger partial charge in [-0.25, -0.2) is 20.2 Å². The van der Waals surface area contributed by atoms with Crippen LogP contribution in [-0.4, -0.2) is 70.2 Å². The first-order valence-corrected chi connectivity index (χ1v) is 10.2. The summed E-state index contributed by atoms with van der Waals surface area (Å²) in [6.07, 6.45) is 5.80. The first-order chi connectivity index (χ1) is 16.0. The van der Waals surface area contributed by atoms with E-state index < -0.39 is 5.91 Å². The molecule has 1 saturated heterocycles. The topological polar surface area (TPSA) is 133 Å². The molecule has 0 saturated carbocycles. The number of benzene rings is 1. The number of ether oxygens (including phenoxy) is 3. The molecule has 1 amide bonds. The molecule has 0 aliphatic carbocycles. The number of morpholine rings is 1. The number of carbonyl (C=O) groups is 1. The quantitative estimate of drug-likeness (QED) is 0.384. The summed E-state index contributed by atoms with van der Waals surface area (Å²) in [5, 5.41) is 8.71. The van der Waals surface area contributed by atoms with Crippen LogP contribution in [0.1, 0.15) is 10.4 Å². The van der Waals surface area contributed by atoms with Crippen LogP contribution in [0.2, 0.25) is 0 Å². The molecule has 33 heavy (non-hydrogen) atoms. The summed E-state index contributed by atoms with van der Waals surface area (Å²) in [4.78, 5) is 34.8. The van der Waals surface area contributed by atoms with Crippen molar-refractivity contribution in [2.75, 3.05) is 38.8 Å². The molecule has 12 nitrogen and oxygen atoms in total. The summed E-state index contributed by atoms with van der Waals surface area (Å²) in [6, 6.07) is 5.25. The van der Waals surface area contributed by atoms with Crippen LogP contribution < -0.4 is 25.5 Å². The van der Waals surface area contributed by atoms with Gasteiger partial charge in [0.05, 0.1) is 44.7 Å². The Kier molecular flexibility index (Phi) is 6.56. The molecule has 174 valence electrons. The van der Waals surface area contributed by atoms with E-state index in [0.29, 0.717) is 49.4 Å². The van der Waals surface area contributed by atoms with E-state index in [-0.39, 0.29) is 17.4 Å². The smallest absolute Gasteiger partial charge is 0.332 e. The highest BCUT2D eigenvalue weighted by Gasteiger charge is 2.24. The highest BCUT2D eigenvalue weighted by atomic mass is 16.5. The predicted octanol–water partition coefficient (Wildman–Crippen LogP) is 0.471. The van der Waals surface area contributed by atoms with Crippen molar-refractivity contribution in [3.05, 3.63) is 59.0 Å². The molecular weight excluding hydrogens is 432 g/mol. The minimum absolute atomic E-state index is 0.146. The SMILES string of the molecule is COc1cc(OC)cc(-n2ccn(CC3CN(c4ncc(C(=O)NO)cn4)CCO3)c2=O)c1. The van der Waals surface area contributed by atoms with Crippen LogP contribution in [0.25, 0.3) is 5.69 Å². The Morgan fingerprint density at radius 3 is 2.52 bits per heavy atom. The second kappa shape index (κ2) is 9.71. The van der Waals surface area contributed by atoms with Crippen molar-refractivity contribution in [2.45, 2.75) is 12.6 Å². The third-order valence-corrected chi connectivity index (χ3v) is 5.29. The number of amides is 1. The number of carbonyl (C=O) groups excluding carboxylic acids is 1. The second-order valence-electron chi connectivity index (χ2n) is 7.33. The van der Waals surface area contributed by atoms with E-state index in [1.807, 2.05) is 4.90 Å². The number of hydrogen-bond donors (Lipinski definition) is 2. The molecule has 1 atom stereocenters. The van der Waals surface area contributed by atoms with E-state index >= 15 is 0 Å². The fourth-order valence-electron chi connectivity index (χ4n) is 3.58. The third-order valence-electron chi connectivity index (χ3n) is 5.29. The summed E-state index contributed by atoms with van der Waals surface area (Å²) in [7, 11) is 3.11. The van der Waals surface area contributed by atoms with Crippen LogP contribution >= 0.6 is 0 Å². The van der Waals surface area contributed by atoms with E-state index in [9.17, 15) is 9.59 Å². The minimum atomic E-state index is -0.682. The Bertz CT molecular complexity index is 1150. The van der Waals surface area contributed by atoms with Crippen molar-refractivity contribution in [2.24, 2.45) is 0 Å². The number of hydrogen-bond acceptors (Lipinski definition) is 9. The third kappa shape index (κ3) is 4.81. The normalized spacial score (nSPS) is 15.8. The molecule has 4 rings (SSSR count). The van der Waals surface area contributed by atoms with Crippen molar-refractivity contribution < 1.29 is 24.2 Å². The Balaban J connectivity index is 1.48. The maximum absolute atomic E-state index is 13.0. The van der Waals surface area contributed by atoms with E-state index in [1.165, 1.54) is 17.0 Å². The highest BCUT2D eigenvalue weighted by molar-refractivity contribution is 5.92. The van der Waals surface area contributed by atoms with E-state index in [0.717, 1.165) is 0 Å². The van der Waals surface area contributed by atoms with Gasteiger partial charge in [0.1, 0.15) is 11.5 Å². The Hall–Kier alpha value is -3.90. The van der Waals surface area contributed by atoms with Gasteiger partial charge < -0.3 is 19.1 Å². The molecule has 3 aromatic rings. The zero-order chi connectivity index (χ0) is 23.4. The number of hydroxylamine groups is 1. The van der Waals surface area contributed by atoms with Gasteiger partial charge in [-0.05, 0) is 0 Å². The van der Waals surface area contributed by atoms with Gasteiger partial charge in [0.2, 0.25) is 5.95 Å². The molecule has 0 bridgehead atoms. The molecule has 1 fully saturated rings. The van der Waals surface area contributed by atoms with Crippen LogP contribution in [0.3, 0.4) is 0 Å². The van der Waals surface area contributed by atoms with Crippen LogP contribution in [0.5, 0.6) is 11.5 Å². The summed E-state index contributed by atoms with van der Waals surface area (Å²) in [6.45, 7) is 1.82. The number of methoxy groups -OCH3 is 2. The fourth-order valence-corrected chi connectivity index (χ4v) is 3.58. The number of imidazole rings is 1. The van der Waals surface area contributed by atoms with Crippen LogP contribution in [0.15, 0.2) is 47.8 Å². The Labute approximate surface area is 188 Å². The largest absolute Gasteiger partial charge is 0.497 e. The molecule has 12 heteroatoms. The van der Waals surface area contributed by atoms with Gasteiger partial charge >= 0.3 is 5.69 Å². The number of nitrogens with one attached hydrogen (secondary N) is 1. The van der Waals surface area contributed by atoms with Crippen molar-refractivity contribution >= 4 is 11.9 Å². The molecule has 1 aliphatic rings. The zero-order valence-electron chi connectivity index (χ0n) is 18.2. The van der Waals surface area contributed by atoms with Gasteiger partial charge in [-0.3, -0.25) is 19.1 Å². The standard InChI is InChI=1S/C21H24N6O6/c1-31-16-7-15(8-17(9-16)32-2)27-4-3-26(21(27)29)13-18-12-25(5-6-33-18)20-22-10-14(11-23-20)19(28)24-30/h3-4,7-11,18,30H,5-6,12-13H2,1-2H3,(H,24,28). The lowest BCUT2D eigenvalue weighted by Crippen LogP contribution is -2.46. The van der Waals surface area contributed by atoms with Crippen molar-refractivity contribution in [3.8, 4) is 17.2 Å². The summed E-state index contributed by atoms with van der Waals surface area (Å²) < 4.78 is 19.5. The van der Waals surface area contributed by atoms with E-state index in [1.54, 1.807) is 54.9 Å². The monoisotopic (exact) mass is 456 g/mol. The second-order valence-corrected chi connectivity index (χ2v) is 7.33. The van der Waals surface area contributed by atoms with Gasteiger partial charge in [-0.2, -0.15) is 0 Å². The highest BCUT2D eigenvalue weighted by Crippen LogP contribution is 2.24. The maximum atomic E-state index is 13.0. The van der Waals surface area contributed by atoms with Gasteiger partial charge in [-0.1, -0.05) is 0 Å². The predicted molar refractivity (Wildman–Crippen MR) is 116 cm³/mol. The molecule has 2 N–H and O–H groups in total. The average Bonchev–Trinajstić information content (AvgIpc) is 3.23. The lowest BCUT2D eigenvalue weighted by atomic mass is 10.2. The maximum Gasteiger partial charge on any atom is 0.332 e. The molecule has 1 aliphatic heterocycles. The molecule has 1 unspecified atom stereocenters. The number of anilines is 1. The van der Waals surface area contributed by atoms with Crippen LogP contribution in [0, 0.1) is 0 Å². The van der Waals surface area contributed by atoms with Crippen LogP contribution in [-0.2, 0) is 11.3 Å². The van der Waals surface area contributed by atoms with Gasteiger partial charge in [-0.15, -0.1) is 0 Å². The van der Waals surface area contributed by atoms with E-state index in [4.69, 9.17) is 19.4 Å². The molecule has 3 heterocycles. The van der Waals surface area contributed by atoms with Crippen molar-refractivity contribution in [1.29, 1.82) is 0 Å². The first kappa shape index (κ1) is 22.3. The molecule has 2 aromatic heterocycles. The molecule has 1 aromatic carbocycles. The zero-order valence-corrected chi connectivity index (χ0v) is 18.2. The molecular formula is C21H24N6O6. The van der Waals surface area contributed by atoms with Gasteiger partial charge in [0, 0.05) is 56.1 Å². The average molecular weight is 456 g/mol. The molecule has 0 radical (unpaired) electrons. The van der Waals surface area contributed by atoms with E-state index in [2.05, 4.69) is 9.97 Å². The Morgan fingerprint density at radius 2 is 1.88 bits per heavy atom. The Morgan fingerprint density at radius 1 is 1.18 bits per heavy atom. The van der Waals surface area contributed by atoms with Crippen molar-refractivity contribution in [1.82, 2.24) is 24.6 Å². The molecule has 0 spiro atoms. The van der Waals surface area contributed by atoms with Crippen LogP contribution in [0.4, 0.5) is 5.95 Å². The fraction of sp³-hybridized carbons (Fsp3) is 0.333. The number of aromatic nitrogens is 4. The number of nitrogens with zero attached hydrogens (tertiary/aromatic N) is 5. The lowest BCUT2D eigenvalue weighted by molar-refractivity contribution is 0.0284. The van der Waals surface area contributed by atoms with Gasteiger partial charge in [0.15, 0.2) is 0 Å².